The number of ether oxygens (including phenoxy) is 2. The van der Waals surface area contributed by atoms with Gasteiger partial charge >= 0.3 is 0 Å². The zero-order valence-corrected chi connectivity index (χ0v) is 13.2. The molecule has 1 fully saturated rings. The van der Waals surface area contributed by atoms with Gasteiger partial charge in [-0.05, 0) is 12.1 Å². The minimum atomic E-state index is -0.504. The number of amides is 2. The van der Waals surface area contributed by atoms with Gasteiger partial charge in [-0.15, -0.1) is 6.58 Å². The molecule has 3 rings (SSSR count). The standard InChI is InChI=1S/C17H20N2O5/c1-2-12(10-20)18-17(22)11-7-16(21)19(9-11)13-3-4-14-15(8-13)24-6-5-23-14/h2-4,8,11-12,20H,1,5-7,9-10H2,(H,18,22)/t11-,12-/m0/s1. The van der Waals surface area contributed by atoms with Gasteiger partial charge in [0.25, 0.3) is 0 Å². The number of aliphatic hydroxyl groups excluding tert-OH is 1. The summed E-state index contributed by atoms with van der Waals surface area (Å²) in [5, 5.41) is 11.8. The van der Waals surface area contributed by atoms with Crippen LogP contribution in [-0.4, -0.2) is 49.3 Å². The maximum Gasteiger partial charge on any atom is 0.227 e. The Morgan fingerprint density at radius 3 is 2.88 bits per heavy atom. The molecule has 0 unspecified atom stereocenters. The smallest absolute Gasteiger partial charge is 0.227 e. The minimum Gasteiger partial charge on any atom is -0.486 e. The van der Waals surface area contributed by atoms with Gasteiger partial charge in [-0.1, -0.05) is 6.08 Å². The minimum absolute atomic E-state index is 0.119. The maximum atomic E-state index is 12.3. The van der Waals surface area contributed by atoms with Crippen LogP contribution in [0.1, 0.15) is 6.42 Å². The van der Waals surface area contributed by atoms with Crippen LogP contribution in [0.3, 0.4) is 0 Å². The van der Waals surface area contributed by atoms with Crippen LogP contribution >= 0.6 is 0 Å². The number of anilines is 1. The number of nitrogens with one attached hydrogen (secondary N) is 1. The van der Waals surface area contributed by atoms with Crippen LogP contribution in [0.15, 0.2) is 30.9 Å². The lowest BCUT2D eigenvalue weighted by atomic mass is 10.1. The Bertz CT molecular complexity index is 660. The topological polar surface area (TPSA) is 88.1 Å². The van der Waals surface area contributed by atoms with Gasteiger partial charge < -0.3 is 24.8 Å². The summed E-state index contributed by atoms with van der Waals surface area (Å²) < 4.78 is 11.0. The highest BCUT2D eigenvalue weighted by Crippen LogP contribution is 2.35. The lowest BCUT2D eigenvalue weighted by Gasteiger charge is -2.22. The summed E-state index contributed by atoms with van der Waals surface area (Å²) in [6, 6.07) is 4.80. The molecule has 0 saturated carbocycles. The average Bonchev–Trinajstić information content (AvgIpc) is 3.01. The molecule has 7 nitrogen and oxygen atoms in total. The lowest BCUT2D eigenvalue weighted by molar-refractivity contribution is -0.126. The number of rotatable bonds is 5. The number of aliphatic hydroxyl groups is 1. The fraction of sp³-hybridized carbons (Fsp3) is 0.412. The van der Waals surface area contributed by atoms with E-state index in [1.807, 2.05) is 0 Å². The molecule has 2 amide bonds. The average molecular weight is 332 g/mol. The summed E-state index contributed by atoms with van der Waals surface area (Å²) in [6.45, 7) is 4.60. The van der Waals surface area contributed by atoms with Crippen molar-refractivity contribution in [3.8, 4) is 11.5 Å². The first-order chi connectivity index (χ1) is 11.6. The third kappa shape index (κ3) is 3.21. The molecule has 1 saturated heterocycles. The van der Waals surface area contributed by atoms with E-state index in [0.29, 0.717) is 36.9 Å². The van der Waals surface area contributed by atoms with Crippen LogP contribution in [0.25, 0.3) is 0 Å². The number of nitrogens with zero attached hydrogens (tertiary/aromatic N) is 1. The Morgan fingerprint density at radius 2 is 2.17 bits per heavy atom. The van der Waals surface area contributed by atoms with E-state index >= 15 is 0 Å². The number of carbonyl (C=O) groups excluding carboxylic acids is 2. The first kappa shape index (κ1) is 16.3. The molecule has 0 aromatic heterocycles. The van der Waals surface area contributed by atoms with Gasteiger partial charge in [0.2, 0.25) is 11.8 Å². The fourth-order valence-corrected chi connectivity index (χ4v) is 2.81. The molecule has 0 aliphatic carbocycles. The molecule has 2 N–H and O–H groups in total. The maximum absolute atomic E-state index is 12.3. The van der Waals surface area contributed by atoms with E-state index in [1.165, 1.54) is 6.08 Å². The van der Waals surface area contributed by atoms with E-state index < -0.39 is 12.0 Å². The number of hydrogen-bond acceptors (Lipinski definition) is 5. The number of fused-ring (bicyclic) bond motifs is 1. The molecule has 2 aliphatic heterocycles. The number of carbonyl (C=O) groups is 2. The van der Waals surface area contributed by atoms with Crippen molar-refractivity contribution in [3.63, 3.8) is 0 Å². The highest BCUT2D eigenvalue weighted by molar-refractivity contribution is 6.00. The largest absolute Gasteiger partial charge is 0.486 e. The van der Waals surface area contributed by atoms with Crippen molar-refractivity contribution in [1.82, 2.24) is 5.32 Å². The summed E-state index contributed by atoms with van der Waals surface area (Å²) in [6.07, 6.45) is 1.60. The zero-order valence-electron chi connectivity index (χ0n) is 13.2. The summed E-state index contributed by atoms with van der Waals surface area (Å²) in [5.74, 6) is 0.419. The van der Waals surface area contributed by atoms with Crippen LogP contribution in [0.5, 0.6) is 11.5 Å². The molecule has 2 aliphatic rings. The second kappa shape index (κ2) is 6.92. The van der Waals surface area contributed by atoms with Crippen molar-refractivity contribution in [2.45, 2.75) is 12.5 Å². The molecule has 1 aromatic rings. The molecule has 0 spiro atoms. The number of benzene rings is 1. The summed E-state index contributed by atoms with van der Waals surface area (Å²) in [5.41, 5.74) is 0.682. The normalized spacial score (nSPS) is 20.6. The van der Waals surface area contributed by atoms with Crippen LogP contribution in [0.4, 0.5) is 5.69 Å². The van der Waals surface area contributed by atoms with Gasteiger partial charge in [0.15, 0.2) is 11.5 Å². The van der Waals surface area contributed by atoms with Crippen LogP contribution in [0.2, 0.25) is 0 Å². The Kier molecular flexibility index (Phi) is 4.71. The molecule has 0 radical (unpaired) electrons. The molecule has 24 heavy (non-hydrogen) atoms. The van der Waals surface area contributed by atoms with Gasteiger partial charge in [-0.25, -0.2) is 0 Å². The van der Waals surface area contributed by atoms with Crippen LogP contribution in [-0.2, 0) is 9.59 Å². The first-order valence-electron chi connectivity index (χ1n) is 7.86. The molecule has 2 atom stereocenters. The van der Waals surface area contributed by atoms with E-state index in [2.05, 4.69) is 11.9 Å². The SMILES string of the molecule is C=C[C@@H](CO)NC(=O)[C@H]1CC(=O)N(c2ccc3c(c2)OCCO3)C1. The van der Waals surface area contributed by atoms with Gasteiger partial charge in [0.05, 0.1) is 18.6 Å². The molecule has 7 heteroatoms. The Morgan fingerprint density at radius 1 is 1.42 bits per heavy atom. The highest BCUT2D eigenvalue weighted by Gasteiger charge is 2.36. The Labute approximate surface area is 139 Å². The van der Waals surface area contributed by atoms with Gasteiger partial charge in [0, 0.05) is 24.7 Å². The van der Waals surface area contributed by atoms with Crippen molar-refractivity contribution >= 4 is 17.5 Å². The Hall–Kier alpha value is -2.54. The predicted octanol–water partition coefficient (Wildman–Crippen LogP) is 0.474. The molecule has 1 aromatic carbocycles. The monoisotopic (exact) mass is 332 g/mol. The van der Waals surface area contributed by atoms with E-state index in [-0.39, 0.29) is 24.8 Å². The number of hydrogen-bond donors (Lipinski definition) is 2. The van der Waals surface area contributed by atoms with E-state index in [9.17, 15) is 9.59 Å². The third-order valence-electron chi connectivity index (χ3n) is 4.14. The summed E-state index contributed by atoms with van der Waals surface area (Å²) in [7, 11) is 0. The van der Waals surface area contributed by atoms with Gasteiger partial charge in [0.1, 0.15) is 13.2 Å². The van der Waals surface area contributed by atoms with Crippen molar-refractivity contribution in [3.05, 3.63) is 30.9 Å². The molecular weight excluding hydrogens is 312 g/mol. The van der Waals surface area contributed by atoms with Gasteiger partial charge in [-0.2, -0.15) is 0 Å². The molecule has 2 heterocycles. The second-order valence-electron chi connectivity index (χ2n) is 5.77. The third-order valence-corrected chi connectivity index (χ3v) is 4.14. The van der Waals surface area contributed by atoms with Crippen LogP contribution < -0.4 is 19.7 Å². The molecular formula is C17H20N2O5. The zero-order chi connectivity index (χ0) is 17.1. The van der Waals surface area contributed by atoms with E-state index in [0.717, 1.165) is 0 Å². The van der Waals surface area contributed by atoms with Crippen molar-refractivity contribution in [2.75, 3.05) is 31.3 Å². The molecule has 0 bridgehead atoms. The fourth-order valence-electron chi connectivity index (χ4n) is 2.81. The summed E-state index contributed by atoms with van der Waals surface area (Å²) in [4.78, 5) is 26.1. The lowest BCUT2D eigenvalue weighted by Crippen LogP contribution is -2.40. The quantitative estimate of drug-likeness (QED) is 0.766. The highest BCUT2D eigenvalue weighted by atomic mass is 16.6. The Balaban J connectivity index is 1.71. The predicted molar refractivity (Wildman–Crippen MR) is 87.1 cm³/mol. The van der Waals surface area contributed by atoms with Crippen molar-refractivity contribution < 1.29 is 24.2 Å². The van der Waals surface area contributed by atoms with E-state index in [4.69, 9.17) is 14.6 Å². The van der Waals surface area contributed by atoms with Crippen LogP contribution in [0, 0.1) is 5.92 Å². The second-order valence-corrected chi connectivity index (χ2v) is 5.77. The van der Waals surface area contributed by atoms with E-state index in [1.54, 1.807) is 23.1 Å². The van der Waals surface area contributed by atoms with Crippen molar-refractivity contribution in [2.24, 2.45) is 5.92 Å². The summed E-state index contributed by atoms with van der Waals surface area (Å²) >= 11 is 0. The van der Waals surface area contributed by atoms with Crippen molar-refractivity contribution in [1.29, 1.82) is 0 Å². The van der Waals surface area contributed by atoms with Gasteiger partial charge in [-0.3, -0.25) is 9.59 Å². The first-order valence-corrected chi connectivity index (χ1v) is 7.86. The molecule has 128 valence electrons.